The first-order chi connectivity index (χ1) is 8.16. The molecule has 0 fully saturated rings. The number of benzene rings is 1. The minimum atomic E-state index is -0.687. The van der Waals surface area contributed by atoms with Crippen LogP contribution in [-0.2, 0) is 0 Å². The average molecular weight is 229 g/mol. The molecule has 2 N–H and O–H groups in total. The minimum absolute atomic E-state index is 0.300. The molecular formula is C12H11N3O2. The van der Waals surface area contributed by atoms with Gasteiger partial charge < -0.3 is 10.1 Å². The molecule has 0 aliphatic heterocycles. The summed E-state index contributed by atoms with van der Waals surface area (Å²) in [5.41, 5.74) is 1.67. The van der Waals surface area contributed by atoms with E-state index in [0.717, 1.165) is 10.9 Å². The van der Waals surface area contributed by atoms with E-state index in [2.05, 4.69) is 10.1 Å². The van der Waals surface area contributed by atoms with Crippen LogP contribution in [0.5, 0.6) is 0 Å². The van der Waals surface area contributed by atoms with Crippen molar-refractivity contribution in [2.24, 2.45) is 0 Å². The third-order valence-corrected chi connectivity index (χ3v) is 2.79. The van der Waals surface area contributed by atoms with Crippen LogP contribution in [0.4, 0.5) is 0 Å². The SMILES string of the molecule is CC(O)c1cc2c3ccccc3[nH]c(=O)n2n1. The Balaban J connectivity index is 2.51. The molecule has 0 amide bonds. The summed E-state index contributed by atoms with van der Waals surface area (Å²) in [7, 11) is 0. The van der Waals surface area contributed by atoms with Gasteiger partial charge in [0.2, 0.25) is 0 Å². The van der Waals surface area contributed by atoms with Gasteiger partial charge in [-0.1, -0.05) is 18.2 Å². The molecule has 2 heterocycles. The second-order valence-corrected chi connectivity index (χ2v) is 4.02. The number of fused-ring (bicyclic) bond motifs is 3. The van der Waals surface area contributed by atoms with E-state index in [0.29, 0.717) is 11.2 Å². The molecule has 3 rings (SSSR count). The predicted molar refractivity (Wildman–Crippen MR) is 64.0 cm³/mol. The van der Waals surface area contributed by atoms with E-state index >= 15 is 0 Å². The van der Waals surface area contributed by atoms with E-state index < -0.39 is 6.10 Å². The lowest BCUT2D eigenvalue weighted by atomic mass is 10.2. The summed E-state index contributed by atoms with van der Waals surface area (Å²) in [6.07, 6.45) is -0.687. The van der Waals surface area contributed by atoms with Gasteiger partial charge in [0.25, 0.3) is 0 Å². The van der Waals surface area contributed by atoms with Gasteiger partial charge in [0.05, 0.1) is 22.8 Å². The second kappa shape index (κ2) is 3.43. The van der Waals surface area contributed by atoms with Gasteiger partial charge in [0.15, 0.2) is 0 Å². The van der Waals surface area contributed by atoms with Crippen LogP contribution in [0.25, 0.3) is 16.4 Å². The standard InChI is InChI=1S/C12H11N3O2/c1-7(16)10-6-11-8-4-2-3-5-9(8)13-12(17)15(11)14-10/h2-7,16H,1H3,(H,13,17). The van der Waals surface area contributed by atoms with E-state index in [-0.39, 0.29) is 5.69 Å². The van der Waals surface area contributed by atoms with Crippen LogP contribution in [0.2, 0.25) is 0 Å². The zero-order valence-corrected chi connectivity index (χ0v) is 9.21. The quantitative estimate of drug-likeness (QED) is 0.659. The van der Waals surface area contributed by atoms with Crippen molar-refractivity contribution in [2.75, 3.05) is 0 Å². The van der Waals surface area contributed by atoms with Gasteiger partial charge in [-0.05, 0) is 19.1 Å². The minimum Gasteiger partial charge on any atom is -0.387 e. The summed E-state index contributed by atoms with van der Waals surface area (Å²) in [6, 6.07) is 9.25. The second-order valence-electron chi connectivity index (χ2n) is 4.02. The van der Waals surface area contributed by atoms with Crippen LogP contribution in [0.1, 0.15) is 18.7 Å². The maximum absolute atomic E-state index is 11.8. The molecule has 0 bridgehead atoms. The molecule has 86 valence electrons. The van der Waals surface area contributed by atoms with Crippen molar-refractivity contribution in [1.29, 1.82) is 0 Å². The number of aliphatic hydroxyl groups is 1. The Morgan fingerprint density at radius 1 is 1.41 bits per heavy atom. The number of aliphatic hydroxyl groups excluding tert-OH is 1. The van der Waals surface area contributed by atoms with Crippen LogP contribution >= 0.6 is 0 Å². The third-order valence-electron chi connectivity index (χ3n) is 2.79. The summed E-state index contributed by atoms with van der Waals surface area (Å²) in [5.74, 6) is 0. The first kappa shape index (κ1) is 10.0. The molecule has 0 saturated heterocycles. The number of H-pyrrole nitrogens is 1. The highest BCUT2D eigenvalue weighted by Gasteiger charge is 2.11. The highest BCUT2D eigenvalue weighted by Crippen LogP contribution is 2.19. The van der Waals surface area contributed by atoms with E-state index in [1.165, 1.54) is 4.52 Å². The summed E-state index contributed by atoms with van der Waals surface area (Å²) in [4.78, 5) is 14.5. The summed E-state index contributed by atoms with van der Waals surface area (Å²) in [5, 5.41) is 14.5. The first-order valence-corrected chi connectivity index (χ1v) is 5.35. The molecular weight excluding hydrogens is 218 g/mol. The van der Waals surface area contributed by atoms with E-state index in [9.17, 15) is 9.90 Å². The molecule has 3 aromatic rings. The van der Waals surface area contributed by atoms with Crippen molar-refractivity contribution < 1.29 is 5.11 Å². The number of para-hydroxylation sites is 1. The van der Waals surface area contributed by atoms with Gasteiger partial charge >= 0.3 is 5.69 Å². The van der Waals surface area contributed by atoms with Crippen molar-refractivity contribution in [1.82, 2.24) is 14.6 Å². The largest absolute Gasteiger partial charge is 0.387 e. The van der Waals surface area contributed by atoms with Crippen LogP contribution in [0.15, 0.2) is 35.1 Å². The molecule has 1 unspecified atom stereocenters. The summed E-state index contributed by atoms with van der Waals surface area (Å²) in [6.45, 7) is 1.62. The zero-order valence-electron chi connectivity index (χ0n) is 9.21. The number of hydrogen-bond acceptors (Lipinski definition) is 3. The molecule has 0 spiro atoms. The van der Waals surface area contributed by atoms with Gasteiger partial charge in [-0.2, -0.15) is 9.61 Å². The highest BCUT2D eigenvalue weighted by molar-refractivity contribution is 5.93. The third kappa shape index (κ3) is 1.43. The van der Waals surface area contributed by atoms with Crippen molar-refractivity contribution in [2.45, 2.75) is 13.0 Å². The molecule has 0 radical (unpaired) electrons. The van der Waals surface area contributed by atoms with Gasteiger partial charge in [-0.3, -0.25) is 0 Å². The number of rotatable bonds is 1. The number of aromatic nitrogens is 3. The van der Waals surface area contributed by atoms with Gasteiger partial charge in [0.1, 0.15) is 0 Å². The lowest BCUT2D eigenvalue weighted by Crippen LogP contribution is -2.17. The fraction of sp³-hybridized carbons (Fsp3) is 0.167. The lowest BCUT2D eigenvalue weighted by Gasteiger charge is -1.98. The Hall–Kier alpha value is -2.14. The van der Waals surface area contributed by atoms with Gasteiger partial charge in [0, 0.05) is 5.39 Å². The monoisotopic (exact) mass is 229 g/mol. The number of nitrogens with one attached hydrogen (secondary N) is 1. The highest BCUT2D eigenvalue weighted by atomic mass is 16.3. The Morgan fingerprint density at radius 2 is 2.18 bits per heavy atom. The fourth-order valence-corrected chi connectivity index (χ4v) is 1.93. The number of nitrogens with zero attached hydrogens (tertiary/aromatic N) is 2. The summed E-state index contributed by atoms with van der Waals surface area (Å²) >= 11 is 0. The Morgan fingerprint density at radius 3 is 2.94 bits per heavy atom. The van der Waals surface area contributed by atoms with Crippen LogP contribution in [-0.4, -0.2) is 19.7 Å². The predicted octanol–water partition coefficient (Wildman–Crippen LogP) is 1.23. The zero-order chi connectivity index (χ0) is 12.0. The number of aromatic amines is 1. The van der Waals surface area contributed by atoms with Crippen molar-refractivity contribution in [3.63, 3.8) is 0 Å². The Bertz CT molecular complexity index is 755. The topological polar surface area (TPSA) is 70.4 Å². The maximum atomic E-state index is 11.8. The molecule has 0 aliphatic carbocycles. The van der Waals surface area contributed by atoms with Crippen LogP contribution < -0.4 is 5.69 Å². The lowest BCUT2D eigenvalue weighted by molar-refractivity contribution is 0.194. The van der Waals surface area contributed by atoms with Crippen LogP contribution in [0, 0.1) is 0 Å². The number of hydrogen-bond donors (Lipinski definition) is 2. The molecule has 2 aromatic heterocycles. The molecule has 5 nitrogen and oxygen atoms in total. The van der Waals surface area contributed by atoms with E-state index in [1.807, 2.05) is 24.3 Å². The van der Waals surface area contributed by atoms with Gasteiger partial charge in [-0.15, -0.1) is 0 Å². The normalized spacial score (nSPS) is 13.3. The van der Waals surface area contributed by atoms with Crippen LogP contribution in [0.3, 0.4) is 0 Å². The van der Waals surface area contributed by atoms with E-state index in [1.54, 1.807) is 13.0 Å². The van der Waals surface area contributed by atoms with Crippen molar-refractivity contribution in [3.8, 4) is 0 Å². The molecule has 0 aliphatic rings. The molecule has 5 heteroatoms. The van der Waals surface area contributed by atoms with Crippen molar-refractivity contribution in [3.05, 3.63) is 46.5 Å². The molecule has 1 atom stereocenters. The smallest absolute Gasteiger partial charge is 0.347 e. The molecule has 1 aromatic carbocycles. The van der Waals surface area contributed by atoms with Crippen molar-refractivity contribution >= 4 is 16.4 Å². The average Bonchev–Trinajstić information content (AvgIpc) is 2.75. The Labute approximate surface area is 96.3 Å². The molecule has 0 saturated carbocycles. The Kier molecular flexibility index (Phi) is 2.02. The fourth-order valence-electron chi connectivity index (χ4n) is 1.93. The molecule has 17 heavy (non-hydrogen) atoms. The first-order valence-electron chi connectivity index (χ1n) is 5.35. The maximum Gasteiger partial charge on any atom is 0.347 e. The summed E-state index contributed by atoms with van der Waals surface area (Å²) < 4.78 is 1.28. The van der Waals surface area contributed by atoms with E-state index in [4.69, 9.17) is 0 Å². The van der Waals surface area contributed by atoms with Gasteiger partial charge in [-0.25, -0.2) is 4.79 Å².